The zero-order chi connectivity index (χ0) is 12.8. The Kier molecular flexibility index (Phi) is 5.18. The molecule has 1 rings (SSSR count). The van der Waals surface area contributed by atoms with Gasteiger partial charge in [0, 0.05) is 13.1 Å². The van der Waals surface area contributed by atoms with E-state index in [1.54, 1.807) is 4.90 Å². The molecule has 0 aliphatic rings. The number of halogens is 1. The van der Waals surface area contributed by atoms with Gasteiger partial charge >= 0.3 is 5.97 Å². The Morgan fingerprint density at radius 3 is 2.71 bits per heavy atom. The summed E-state index contributed by atoms with van der Waals surface area (Å²) in [5.74, 6) is -0.568. The molecular weight excluding hydrogens is 244 g/mol. The lowest BCUT2D eigenvalue weighted by molar-refractivity contribution is 0.0697. The number of nitrogens with zero attached hydrogens (tertiary/aromatic N) is 2. The highest BCUT2D eigenvalue weighted by Crippen LogP contribution is 2.18. The maximum absolute atomic E-state index is 10.9. The van der Waals surface area contributed by atoms with Gasteiger partial charge in [-0.3, -0.25) is 0 Å². The van der Waals surface area contributed by atoms with Crippen molar-refractivity contribution in [1.29, 1.82) is 0 Å². The molecular formula is C11H15ClN2O3. The molecule has 1 aromatic rings. The number of hydrogen-bond donors (Lipinski definition) is 2. The summed E-state index contributed by atoms with van der Waals surface area (Å²) in [5.41, 5.74) is 0.0963. The Morgan fingerprint density at radius 1 is 1.47 bits per heavy atom. The number of carboxylic acids is 1. The van der Waals surface area contributed by atoms with Crippen LogP contribution < -0.4 is 4.90 Å². The molecule has 0 aliphatic carbocycles. The van der Waals surface area contributed by atoms with Crippen LogP contribution in [0, 0.1) is 0 Å². The summed E-state index contributed by atoms with van der Waals surface area (Å²) in [6, 6.07) is 2.76. The second-order valence-corrected chi connectivity index (χ2v) is 3.94. The number of pyridine rings is 1. The van der Waals surface area contributed by atoms with Crippen molar-refractivity contribution in [3.8, 4) is 0 Å². The Hall–Kier alpha value is -1.33. The summed E-state index contributed by atoms with van der Waals surface area (Å²) in [7, 11) is 0. The van der Waals surface area contributed by atoms with E-state index in [0.29, 0.717) is 18.9 Å². The summed E-state index contributed by atoms with van der Waals surface area (Å²) in [5, 5.41) is 18.0. The molecule has 0 atom stereocenters. The lowest BCUT2D eigenvalue weighted by atomic mass is 10.2. The molecule has 0 bridgehead atoms. The number of hydrogen-bond acceptors (Lipinski definition) is 4. The minimum Gasteiger partial charge on any atom is -0.478 e. The van der Waals surface area contributed by atoms with E-state index in [1.165, 1.54) is 12.1 Å². The van der Waals surface area contributed by atoms with Crippen LogP contribution in [0.5, 0.6) is 0 Å². The third-order valence-electron chi connectivity index (χ3n) is 2.21. The van der Waals surface area contributed by atoms with E-state index in [9.17, 15) is 4.79 Å². The first-order valence-corrected chi connectivity index (χ1v) is 5.73. The molecule has 6 heteroatoms. The molecule has 0 saturated heterocycles. The molecule has 0 aromatic carbocycles. The van der Waals surface area contributed by atoms with Crippen molar-refractivity contribution >= 4 is 23.4 Å². The fraction of sp³-hybridized carbons (Fsp3) is 0.455. The first-order valence-electron chi connectivity index (χ1n) is 5.35. The molecule has 0 unspecified atom stereocenters. The minimum atomic E-state index is -1.05. The smallest absolute Gasteiger partial charge is 0.335 e. The second-order valence-electron chi connectivity index (χ2n) is 3.55. The number of aromatic nitrogens is 1. The van der Waals surface area contributed by atoms with Crippen molar-refractivity contribution in [2.45, 2.75) is 13.3 Å². The SMILES string of the molecule is CCCN(CCO)c1cc(C(=O)O)cc(Cl)n1. The van der Waals surface area contributed by atoms with Crippen LogP contribution in [0.15, 0.2) is 12.1 Å². The Morgan fingerprint density at radius 2 is 2.18 bits per heavy atom. The van der Waals surface area contributed by atoms with Crippen molar-refractivity contribution in [2.75, 3.05) is 24.6 Å². The third-order valence-corrected chi connectivity index (χ3v) is 2.41. The van der Waals surface area contributed by atoms with Gasteiger partial charge in [-0.15, -0.1) is 0 Å². The third kappa shape index (κ3) is 3.87. The van der Waals surface area contributed by atoms with Gasteiger partial charge in [0.1, 0.15) is 11.0 Å². The second kappa shape index (κ2) is 6.42. The van der Waals surface area contributed by atoms with E-state index < -0.39 is 5.97 Å². The zero-order valence-corrected chi connectivity index (χ0v) is 10.3. The van der Waals surface area contributed by atoms with Gasteiger partial charge in [-0.25, -0.2) is 9.78 Å². The number of aliphatic hydroxyl groups is 1. The van der Waals surface area contributed by atoms with E-state index in [-0.39, 0.29) is 17.3 Å². The number of aromatic carboxylic acids is 1. The number of carbonyl (C=O) groups is 1. The van der Waals surface area contributed by atoms with Gasteiger partial charge in [0.05, 0.1) is 12.2 Å². The van der Waals surface area contributed by atoms with Gasteiger partial charge in [-0.1, -0.05) is 18.5 Å². The lowest BCUT2D eigenvalue weighted by Gasteiger charge is -2.22. The molecule has 0 amide bonds. The fourth-order valence-corrected chi connectivity index (χ4v) is 1.70. The Balaban J connectivity index is 3.04. The molecule has 17 heavy (non-hydrogen) atoms. The quantitative estimate of drug-likeness (QED) is 0.759. The first-order chi connectivity index (χ1) is 8.08. The molecule has 1 heterocycles. The van der Waals surface area contributed by atoms with E-state index in [1.807, 2.05) is 6.92 Å². The molecule has 0 saturated carbocycles. The van der Waals surface area contributed by atoms with Crippen molar-refractivity contribution < 1.29 is 15.0 Å². The predicted octanol–water partition coefficient (Wildman–Crippen LogP) is 1.64. The van der Waals surface area contributed by atoms with Gasteiger partial charge in [-0.05, 0) is 18.6 Å². The van der Waals surface area contributed by atoms with Crippen molar-refractivity contribution in [3.05, 3.63) is 22.8 Å². The topological polar surface area (TPSA) is 73.7 Å². The van der Waals surface area contributed by atoms with Crippen LogP contribution in [-0.4, -0.2) is 40.9 Å². The highest BCUT2D eigenvalue weighted by atomic mass is 35.5. The molecule has 1 aromatic heterocycles. The molecule has 0 aliphatic heterocycles. The van der Waals surface area contributed by atoms with Gasteiger partial charge in [0.15, 0.2) is 0 Å². The Labute approximate surface area is 105 Å². The maximum Gasteiger partial charge on any atom is 0.335 e. The van der Waals surface area contributed by atoms with Crippen LogP contribution in [-0.2, 0) is 0 Å². The molecule has 0 radical (unpaired) electrons. The fourth-order valence-electron chi connectivity index (χ4n) is 1.50. The van der Waals surface area contributed by atoms with Crippen molar-refractivity contribution in [3.63, 3.8) is 0 Å². The maximum atomic E-state index is 10.9. The summed E-state index contributed by atoms with van der Waals surface area (Å²) < 4.78 is 0. The number of rotatable bonds is 6. The first kappa shape index (κ1) is 13.7. The lowest BCUT2D eigenvalue weighted by Crippen LogP contribution is -2.28. The molecule has 0 spiro atoms. The van der Waals surface area contributed by atoms with Crippen molar-refractivity contribution in [2.24, 2.45) is 0 Å². The molecule has 0 fully saturated rings. The van der Waals surface area contributed by atoms with Crippen LogP contribution >= 0.6 is 11.6 Å². The highest BCUT2D eigenvalue weighted by Gasteiger charge is 2.12. The average Bonchev–Trinajstić information content (AvgIpc) is 2.28. The zero-order valence-electron chi connectivity index (χ0n) is 9.56. The highest BCUT2D eigenvalue weighted by molar-refractivity contribution is 6.29. The van der Waals surface area contributed by atoms with Crippen molar-refractivity contribution in [1.82, 2.24) is 4.98 Å². The van der Waals surface area contributed by atoms with Gasteiger partial charge < -0.3 is 15.1 Å². The summed E-state index contributed by atoms with van der Waals surface area (Å²) in [4.78, 5) is 16.8. The van der Waals surface area contributed by atoms with E-state index in [0.717, 1.165) is 6.42 Å². The van der Waals surface area contributed by atoms with Crippen LogP contribution in [0.1, 0.15) is 23.7 Å². The van der Waals surface area contributed by atoms with E-state index in [4.69, 9.17) is 21.8 Å². The van der Waals surface area contributed by atoms with Crippen LogP contribution in [0.25, 0.3) is 0 Å². The summed E-state index contributed by atoms with van der Waals surface area (Å²) in [6.07, 6.45) is 0.872. The minimum absolute atomic E-state index is 0.0173. The van der Waals surface area contributed by atoms with E-state index >= 15 is 0 Å². The van der Waals surface area contributed by atoms with Crippen LogP contribution in [0.4, 0.5) is 5.82 Å². The standard InChI is InChI=1S/C11H15ClN2O3/c1-2-3-14(4-5-15)10-7-8(11(16)17)6-9(12)13-10/h6-7,15H,2-5H2,1H3,(H,16,17). The molecule has 94 valence electrons. The van der Waals surface area contributed by atoms with Crippen LogP contribution in [0.3, 0.4) is 0 Å². The average molecular weight is 259 g/mol. The number of aliphatic hydroxyl groups excluding tert-OH is 1. The Bertz CT molecular complexity index is 392. The van der Waals surface area contributed by atoms with Crippen LogP contribution in [0.2, 0.25) is 5.15 Å². The van der Waals surface area contributed by atoms with Gasteiger partial charge in [-0.2, -0.15) is 0 Å². The number of carboxylic acid groups (broad SMARTS) is 1. The van der Waals surface area contributed by atoms with Gasteiger partial charge in [0.25, 0.3) is 0 Å². The van der Waals surface area contributed by atoms with Gasteiger partial charge in [0.2, 0.25) is 0 Å². The van der Waals surface area contributed by atoms with E-state index in [2.05, 4.69) is 4.98 Å². The normalized spacial score (nSPS) is 10.3. The largest absolute Gasteiger partial charge is 0.478 e. The molecule has 2 N–H and O–H groups in total. The summed E-state index contributed by atoms with van der Waals surface area (Å²) >= 11 is 5.77. The summed E-state index contributed by atoms with van der Waals surface area (Å²) in [6.45, 7) is 3.07. The number of anilines is 1. The molecule has 5 nitrogen and oxygen atoms in total. The predicted molar refractivity (Wildman–Crippen MR) is 65.8 cm³/mol. The monoisotopic (exact) mass is 258 g/mol.